The van der Waals surface area contributed by atoms with Gasteiger partial charge in [0.15, 0.2) is 5.82 Å². The highest BCUT2D eigenvalue weighted by Crippen LogP contribution is 2.20. The van der Waals surface area contributed by atoms with Crippen molar-refractivity contribution in [1.82, 2.24) is 15.2 Å². The first-order chi connectivity index (χ1) is 11.6. The van der Waals surface area contributed by atoms with E-state index < -0.39 is 11.6 Å². The zero-order valence-electron chi connectivity index (χ0n) is 12.9. The van der Waals surface area contributed by atoms with E-state index in [1.54, 1.807) is 0 Å². The molecular weight excluding hydrogens is 312 g/mol. The maximum absolute atomic E-state index is 13.7. The number of rotatable bonds is 5. The van der Waals surface area contributed by atoms with Gasteiger partial charge >= 0.3 is 0 Å². The lowest BCUT2D eigenvalue weighted by atomic mass is 10.1. The van der Waals surface area contributed by atoms with E-state index in [9.17, 15) is 8.78 Å². The number of hydrogen-bond acceptors (Lipinski definition) is 5. The van der Waals surface area contributed by atoms with Gasteiger partial charge < -0.3 is 10.6 Å². The highest BCUT2D eigenvalue weighted by atomic mass is 19.1. The van der Waals surface area contributed by atoms with Crippen LogP contribution in [0.1, 0.15) is 12.5 Å². The van der Waals surface area contributed by atoms with E-state index in [2.05, 4.69) is 32.7 Å². The summed E-state index contributed by atoms with van der Waals surface area (Å²) < 4.78 is 26.6. The van der Waals surface area contributed by atoms with Crippen LogP contribution in [0.4, 0.5) is 31.9 Å². The molecule has 3 rings (SSSR count). The average molecular weight is 327 g/mol. The third-order valence-electron chi connectivity index (χ3n) is 3.37. The molecule has 122 valence electrons. The summed E-state index contributed by atoms with van der Waals surface area (Å²) in [4.78, 5) is 4.21. The van der Waals surface area contributed by atoms with Gasteiger partial charge in [-0.05, 0) is 36.2 Å². The predicted molar refractivity (Wildman–Crippen MR) is 88.6 cm³/mol. The van der Waals surface area contributed by atoms with Crippen LogP contribution in [-0.4, -0.2) is 15.2 Å². The molecule has 0 amide bonds. The van der Waals surface area contributed by atoms with E-state index in [4.69, 9.17) is 0 Å². The van der Waals surface area contributed by atoms with Crippen molar-refractivity contribution < 1.29 is 8.78 Å². The monoisotopic (exact) mass is 327 g/mol. The minimum Gasteiger partial charge on any atom is -0.336 e. The van der Waals surface area contributed by atoms with Gasteiger partial charge in [-0.25, -0.2) is 8.78 Å². The summed E-state index contributed by atoms with van der Waals surface area (Å²) in [6.45, 7) is 2.08. The van der Waals surface area contributed by atoms with Crippen molar-refractivity contribution in [3.63, 3.8) is 0 Å². The van der Waals surface area contributed by atoms with Crippen LogP contribution in [0, 0.1) is 11.6 Å². The minimum atomic E-state index is -0.710. The lowest BCUT2D eigenvalue weighted by Crippen LogP contribution is -2.03. The van der Waals surface area contributed by atoms with Gasteiger partial charge in [0.25, 0.3) is 0 Å². The summed E-state index contributed by atoms with van der Waals surface area (Å²) in [5.41, 5.74) is 2.15. The van der Waals surface area contributed by atoms with E-state index in [-0.39, 0.29) is 11.6 Å². The highest BCUT2D eigenvalue weighted by molar-refractivity contribution is 5.59. The average Bonchev–Trinajstić information content (AvgIpc) is 2.58. The molecule has 1 heterocycles. The van der Waals surface area contributed by atoms with Gasteiger partial charge in [0, 0.05) is 11.8 Å². The maximum Gasteiger partial charge on any atom is 0.249 e. The van der Waals surface area contributed by atoms with E-state index in [1.165, 1.54) is 17.8 Å². The SMILES string of the molecule is CCc1ccc(Nc2nncc(Nc3ccc(F)cc3F)n2)cc1. The molecule has 0 aliphatic carbocycles. The van der Waals surface area contributed by atoms with Crippen molar-refractivity contribution in [2.24, 2.45) is 0 Å². The second kappa shape index (κ2) is 6.99. The largest absolute Gasteiger partial charge is 0.336 e. The van der Waals surface area contributed by atoms with Crippen molar-refractivity contribution in [1.29, 1.82) is 0 Å². The fourth-order valence-electron chi connectivity index (χ4n) is 2.10. The number of nitrogens with one attached hydrogen (secondary N) is 2. The fraction of sp³-hybridized carbons (Fsp3) is 0.118. The van der Waals surface area contributed by atoms with Crippen LogP contribution in [-0.2, 0) is 6.42 Å². The Bertz CT molecular complexity index is 837. The second-order valence-corrected chi connectivity index (χ2v) is 5.09. The third kappa shape index (κ3) is 3.81. The molecule has 3 aromatic rings. The van der Waals surface area contributed by atoms with Crippen molar-refractivity contribution in [2.75, 3.05) is 10.6 Å². The Morgan fingerprint density at radius 1 is 1.00 bits per heavy atom. The molecule has 2 aromatic carbocycles. The molecule has 1 aromatic heterocycles. The summed E-state index contributed by atoms with van der Waals surface area (Å²) in [6, 6.07) is 11.1. The van der Waals surface area contributed by atoms with Gasteiger partial charge in [0.2, 0.25) is 5.95 Å². The first-order valence-electron chi connectivity index (χ1n) is 7.42. The second-order valence-electron chi connectivity index (χ2n) is 5.09. The number of aromatic nitrogens is 3. The molecule has 0 atom stereocenters. The van der Waals surface area contributed by atoms with Gasteiger partial charge in [0.1, 0.15) is 11.6 Å². The zero-order valence-corrected chi connectivity index (χ0v) is 12.9. The van der Waals surface area contributed by atoms with E-state index in [0.717, 1.165) is 24.2 Å². The molecule has 5 nitrogen and oxygen atoms in total. The molecule has 0 fully saturated rings. The zero-order chi connectivity index (χ0) is 16.9. The molecule has 0 saturated carbocycles. The van der Waals surface area contributed by atoms with Gasteiger partial charge in [-0.2, -0.15) is 10.1 Å². The number of aryl methyl sites for hydroxylation is 1. The summed E-state index contributed by atoms with van der Waals surface area (Å²) >= 11 is 0. The van der Waals surface area contributed by atoms with Crippen LogP contribution >= 0.6 is 0 Å². The molecule has 7 heteroatoms. The first kappa shape index (κ1) is 15.8. The Hall–Kier alpha value is -3.09. The van der Waals surface area contributed by atoms with Crippen molar-refractivity contribution >= 4 is 23.1 Å². The minimum absolute atomic E-state index is 0.107. The van der Waals surface area contributed by atoms with Crippen molar-refractivity contribution in [3.8, 4) is 0 Å². The van der Waals surface area contributed by atoms with Gasteiger partial charge in [-0.1, -0.05) is 19.1 Å². The molecule has 0 unspecified atom stereocenters. The lowest BCUT2D eigenvalue weighted by Gasteiger charge is -2.08. The predicted octanol–water partition coefficient (Wildman–Crippen LogP) is 4.20. The summed E-state index contributed by atoms with van der Waals surface area (Å²) in [5, 5.41) is 13.5. The Balaban J connectivity index is 1.75. The molecule has 0 aliphatic rings. The van der Waals surface area contributed by atoms with Crippen LogP contribution in [0.3, 0.4) is 0 Å². The third-order valence-corrected chi connectivity index (χ3v) is 3.37. The number of hydrogen-bond donors (Lipinski definition) is 2. The van der Waals surface area contributed by atoms with Crippen molar-refractivity contribution in [3.05, 3.63) is 65.9 Å². The van der Waals surface area contributed by atoms with Crippen LogP contribution in [0.2, 0.25) is 0 Å². The van der Waals surface area contributed by atoms with Crippen LogP contribution < -0.4 is 10.6 Å². The van der Waals surface area contributed by atoms with Gasteiger partial charge in [-0.15, -0.1) is 5.10 Å². The molecule has 0 saturated heterocycles. The van der Waals surface area contributed by atoms with Crippen molar-refractivity contribution in [2.45, 2.75) is 13.3 Å². The van der Waals surface area contributed by atoms with Gasteiger partial charge in [-0.3, -0.25) is 0 Å². The smallest absolute Gasteiger partial charge is 0.249 e. The normalized spacial score (nSPS) is 10.5. The Morgan fingerprint density at radius 2 is 1.79 bits per heavy atom. The van der Waals surface area contributed by atoms with E-state index in [0.29, 0.717) is 5.82 Å². The topological polar surface area (TPSA) is 62.7 Å². The van der Waals surface area contributed by atoms with Crippen LogP contribution in [0.5, 0.6) is 0 Å². The highest BCUT2D eigenvalue weighted by Gasteiger charge is 2.06. The Kier molecular flexibility index (Phi) is 4.60. The Labute approximate surface area is 137 Å². The first-order valence-corrected chi connectivity index (χ1v) is 7.42. The molecule has 0 spiro atoms. The van der Waals surface area contributed by atoms with Crippen LogP contribution in [0.25, 0.3) is 0 Å². The number of halogens is 2. The fourth-order valence-corrected chi connectivity index (χ4v) is 2.10. The lowest BCUT2D eigenvalue weighted by molar-refractivity contribution is 0.586. The molecule has 24 heavy (non-hydrogen) atoms. The van der Waals surface area contributed by atoms with Gasteiger partial charge in [0.05, 0.1) is 11.9 Å². The summed E-state index contributed by atoms with van der Waals surface area (Å²) in [7, 11) is 0. The standard InChI is InChI=1S/C17H15F2N5/c1-2-11-3-6-13(7-4-11)21-17-23-16(10-20-24-17)22-15-8-5-12(18)9-14(15)19/h3-10H,2H2,1H3,(H2,21,22,23,24). The van der Waals surface area contributed by atoms with E-state index >= 15 is 0 Å². The molecule has 0 bridgehead atoms. The molecule has 0 aliphatic heterocycles. The maximum atomic E-state index is 13.7. The number of anilines is 4. The summed E-state index contributed by atoms with van der Waals surface area (Å²) in [5.74, 6) is -0.787. The summed E-state index contributed by atoms with van der Waals surface area (Å²) in [6.07, 6.45) is 2.31. The Morgan fingerprint density at radius 3 is 2.50 bits per heavy atom. The molecule has 2 N–H and O–H groups in total. The van der Waals surface area contributed by atoms with E-state index in [1.807, 2.05) is 24.3 Å². The molecule has 0 radical (unpaired) electrons. The number of benzene rings is 2. The van der Waals surface area contributed by atoms with Crippen LogP contribution in [0.15, 0.2) is 48.7 Å². The quantitative estimate of drug-likeness (QED) is 0.735. The number of nitrogens with zero attached hydrogens (tertiary/aromatic N) is 3. The molecular formula is C17H15F2N5.